The molecule has 0 saturated heterocycles. The van der Waals surface area contributed by atoms with Gasteiger partial charge in [0.1, 0.15) is 10.6 Å². The third kappa shape index (κ3) is 3.11. The zero-order valence-electron chi connectivity index (χ0n) is 13.8. The number of rotatable bonds is 5. The third-order valence-corrected chi connectivity index (χ3v) is 4.75. The molecule has 0 unspecified atom stereocenters. The first-order valence-corrected chi connectivity index (χ1v) is 8.67. The Bertz CT molecular complexity index is 1090. The van der Waals surface area contributed by atoms with Crippen molar-refractivity contribution in [2.75, 3.05) is 5.32 Å². The maximum Gasteiger partial charge on any atom is 0.269 e. The lowest BCUT2D eigenvalue weighted by molar-refractivity contribution is -0.384. The van der Waals surface area contributed by atoms with E-state index in [1.165, 1.54) is 6.07 Å². The molecule has 0 bridgehead atoms. The van der Waals surface area contributed by atoms with Gasteiger partial charge in [0.25, 0.3) is 5.69 Å². The number of aryl methyl sites for hydroxylation is 1. The molecule has 0 amide bonds. The van der Waals surface area contributed by atoms with Gasteiger partial charge < -0.3 is 10.3 Å². The largest absolute Gasteiger partial charge is 0.365 e. The van der Waals surface area contributed by atoms with Gasteiger partial charge in [-0.15, -0.1) is 11.3 Å². The van der Waals surface area contributed by atoms with Crippen molar-refractivity contribution in [1.82, 2.24) is 19.9 Å². The SMILES string of the molecule is Cc1cc2c(NCc3cccc([N+](=O)[O-])c3)nc(-c3ncc[nH]3)nc2s1. The molecule has 0 fully saturated rings. The van der Waals surface area contributed by atoms with Crippen LogP contribution >= 0.6 is 11.3 Å². The molecule has 4 rings (SSSR count). The molecular weight excluding hydrogens is 352 g/mol. The molecule has 0 aliphatic rings. The Morgan fingerprint density at radius 2 is 2.19 bits per heavy atom. The molecule has 3 heterocycles. The molecule has 0 atom stereocenters. The predicted octanol–water partition coefficient (Wildman–Crippen LogP) is 3.91. The number of fused-ring (bicyclic) bond motifs is 1. The highest BCUT2D eigenvalue weighted by Gasteiger charge is 2.13. The number of anilines is 1. The van der Waals surface area contributed by atoms with E-state index in [2.05, 4.69) is 25.3 Å². The number of thiophene rings is 1. The molecule has 3 aromatic heterocycles. The summed E-state index contributed by atoms with van der Waals surface area (Å²) >= 11 is 1.58. The van der Waals surface area contributed by atoms with E-state index in [0.29, 0.717) is 24.0 Å². The number of nitro groups is 1. The van der Waals surface area contributed by atoms with Crippen LogP contribution in [0.5, 0.6) is 0 Å². The van der Waals surface area contributed by atoms with Crippen LogP contribution in [0.4, 0.5) is 11.5 Å². The van der Waals surface area contributed by atoms with Crippen LogP contribution in [0.3, 0.4) is 0 Å². The van der Waals surface area contributed by atoms with E-state index in [0.717, 1.165) is 20.7 Å². The van der Waals surface area contributed by atoms with E-state index in [4.69, 9.17) is 0 Å². The van der Waals surface area contributed by atoms with Crippen LogP contribution < -0.4 is 5.32 Å². The standard InChI is InChI=1S/C17H14N6O2S/c1-10-7-13-14(20-9-11-3-2-4-12(8-11)23(24)25)21-16(22-17(13)26-10)15-18-5-6-19-15/h2-8H,9H2,1H3,(H,18,19)(H,20,21,22). The second-order valence-electron chi connectivity index (χ2n) is 5.69. The molecule has 9 heteroatoms. The van der Waals surface area contributed by atoms with E-state index < -0.39 is 4.92 Å². The maximum atomic E-state index is 10.9. The van der Waals surface area contributed by atoms with E-state index >= 15 is 0 Å². The molecule has 8 nitrogen and oxygen atoms in total. The number of nitrogens with zero attached hydrogens (tertiary/aromatic N) is 4. The Kier molecular flexibility index (Phi) is 4.05. The fraction of sp³-hybridized carbons (Fsp3) is 0.118. The zero-order valence-corrected chi connectivity index (χ0v) is 14.6. The number of aromatic nitrogens is 4. The van der Waals surface area contributed by atoms with Gasteiger partial charge in [-0.05, 0) is 18.6 Å². The molecule has 0 aliphatic carbocycles. The Morgan fingerprint density at radius 3 is 2.96 bits per heavy atom. The number of hydrogen-bond acceptors (Lipinski definition) is 7. The summed E-state index contributed by atoms with van der Waals surface area (Å²) in [5.74, 6) is 1.78. The molecule has 4 aromatic rings. The summed E-state index contributed by atoms with van der Waals surface area (Å²) in [5, 5.41) is 15.1. The predicted molar refractivity (Wildman–Crippen MR) is 100 cm³/mol. The zero-order chi connectivity index (χ0) is 18.1. The molecule has 0 spiro atoms. The summed E-state index contributed by atoms with van der Waals surface area (Å²) < 4.78 is 0. The monoisotopic (exact) mass is 366 g/mol. The van der Waals surface area contributed by atoms with E-state index in [1.54, 1.807) is 35.9 Å². The first-order chi connectivity index (χ1) is 12.6. The number of nitro benzene ring substituents is 1. The van der Waals surface area contributed by atoms with Crippen molar-refractivity contribution in [1.29, 1.82) is 0 Å². The Balaban J connectivity index is 1.69. The molecule has 2 N–H and O–H groups in total. The lowest BCUT2D eigenvalue weighted by Crippen LogP contribution is -2.04. The molecule has 0 saturated carbocycles. The second kappa shape index (κ2) is 6.52. The molecular formula is C17H14N6O2S. The number of benzene rings is 1. The average molecular weight is 366 g/mol. The normalized spacial score (nSPS) is 11.0. The lowest BCUT2D eigenvalue weighted by atomic mass is 10.2. The Labute approximate surface area is 152 Å². The van der Waals surface area contributed by atoms with Crippen molar-refractivity contribution in [3.05, 3.63) is 63.3 Å². The minimum atomic E-state index is -0.399. The van der Waals surface area contributed by atoms with Gasteiger partial charge in [-0.2, -0.15) is 0 Å². The quantitative estimate of drug-likeness (QED) is 0.409. The van der Waals surface area contributed by atoms with Gasteiger partial charge in [0.05, 0.1) is 10.3 Å². The van der Waals surface area contributed by atoms with Crippen LogP contribution in [-0.4, -0.2) is 24.9 Å². The number of hydrogen-bond donors (Lipinski definition) is 2. The van der Waals surface area contributed by atoms with E-state index in [-0.39, 0.29) is 5.69 Å². The van der Waals surface area contributed by atoms with Gasteiger partial charge in [0, 0.05) is 35.9 Å². The van der Waals surface area contributed by atoms with Crippen molar-refractivity contribution in [2.24, 2.45) is 0 Å². The van der Waals surface area contributed by atoms with Crippen LogP contribution in [0.1, 0.15) is 10.4 Å². The number of H-pyrrole nitrogens is 1. The third-order valence-electron chi connectivity index (χ3n) is 3.81. The Morgan fingerprint density at radius 1 is 1.31 bits per heavy atom. The van der Waals surface area contributed by atoms with Crippen molar-refractivity contribution >= 4 is 33.1 Å². The molecule has 26 heavy (non-hydrogen) atoms. The van der Waals surface area contributed by atoms with Crippen LogP contribution in [-0.2, 0) is 6.54 Å². The molecule has 0 aliphatic heterocycles. The summed E-state index contributed by atoms with van der Waals surface area (Å²) in [6.45, 7) is 2.43. The van der Waals surface area contributed by atoms with Crippen LogP contribution in [0.2, 0.25) is 0 Å². The van der Waals surface area contributed by atoms with Crippen LogP contribution in [0.25, 0.3) is 21.9 Å². The van der Waals surface area contributed by atoms with Crippen molar-refractivity contribution < 1.29 is 4.92 Å². The fourth-order valence-corrected chi connectivity index (χ4v) is 3.52. The highest BCUT2D eigenvalue weighted by atomic mass is 32.1. The van der Waals surface area contributed by atoms with Crippen LogP contribution in [0, 0.1) is 17.0 Å². The van der Waals surface area contributed by atoms with Crippen molar-refractivity contribution in [2.45, 2.75) is 13.5 Å². The molecule has 130 valence electrons. The maximum absolute atomic E-state index is 10.9. The van der Waals surface area contributed by atoms with Crippen LogP contribution in [0.15, 0.2) is 42.7 Å². The van der Waals surface area contributed by atoms with Gasteiger partial charge in [-0.3, -0.25) is 10.1 Å². The summed E-state index contributed by atoms with van der Waals surface area (Å²) in [5.41, 5.74) is 0.872. The van der Waals surface area contributed by atoms with Crippen molar-refractivity contribution in [3.63, 3.8) is 0 Å². The number of imidazole rings is 1. The van der Waals surface area contributed by atoms with Gasteiger partial charge in [0.15, 0.2) is 11.6 Å². The van der Waals surface area contributed by atoms with Gasteiger partial charge >= 0.3 is 0 Å². The first kappa shape index (κ1) is 16.2. The van der Waals surface area contributed by atoms with Gasteiger partial charge in [-0.25, -0.2) is 15.0 Å². The number of nitrogens with one attached hydrogen (secondary N) is 2. The fourth-order valence-electron chi connectivity index (χ4n) is 2.64. The Hall–Kier alpha value is -3.33. The highest BCUT2D eigenvalue weighted by molar-refractivity contribution is 7.18. The molecule has 1 aromatic carbocycles. The second-order valence-corrected chi connectivity index (χ2v) is 6.92. The summed E-state index contributed by atoms with van der Waals surface area (Å²) in [4.78, 5) is 28.9. The van der Waals surface area contributed by atoms with E-state index in [1.807, 2.05) is 19.1 Å². The highest BCUT2D eigenvalue weighted by Crippen LogP contribution is 2.30. The lowest BCUT2D eigenvalue weighted by Gasteiger charge is -2.08. The minimum Gasteiger partial charge on any atom is -0.365 e. The summed E-state index contributed by atoms with van der Waals surface area (Å²) in [7, 11) is 0. The van der Waals surface area contributed by atoms with Crippen molar-refractivity contribution in [3.8, 4) is 11.6 Å². The average Bonchev–Trinajstić information content (AvgIpc) is 3.28. The summed E-state index contributed by atoms with van der Waals surface area (Å²) in [6.07, 6.45) is 3.37. The minimum absolute atomic E-state index is 0.0692. The van der Waals surface area contributed by atoms with E-state index in [9.17, 15) is 10.1 Å². The number of aromatic amines is 1. The molecule has 0 radical (unpaired) electrons. The van der Waals surface area contributed by atoms with Gasteiger partial charge in [-0.1, -0.05) is 12.1 Å². The van der Waals surface area contributed by atoms with Gasteiger partial charge in [0.2, 0.25) is 0 Å². The smallest absolute Gasteiger partial charge is 0.269 e. The summed E-state index contributed by atoms with van der Waals surface area (Å²) in [6, 6.07) is 8.57. The topological polar surface area (TPSA) is 110 Å². The first-order valence-electron chi connectivity index (χ1n) is 7.85. The number of non-ortho nitro benzene ring substituents is 1.